The molecule has 0 saturated carbocycles. The van der Waals surface area contributed by atoms with Crippen molar-refractivity contribution >= 4 is 5.69 Å². The highest BCUT2D eigenvalue weighted by Crippen LogP contribution is 2.01. The summed E-state index contributed by atoms with van der Waals surface area (Å²) in [4.78, 5) is 20.9. The van der Waals surface area contributed by atoms with Crippen molar-refractivity contribution in [3.05, 3.63) is 51.5 Å². The highest BCUT2D eigenvalue weighted by atomic mass is 16.6. The van der Waals surface area contributed by atoms with Crippen LogP contribution in [0.2, 0.25) is 0 Å². The maximum Gasteiger partial charge on any atom is 0.334 e. The average Bonchev–Trinajstić information content (AvgIpc) is 2.08. The van der Waals surface area contributed by atoms with Gasteiger partial charge in [-0.2, -0.15) is 0 Å². The van der Waals surface area contributed by atoms with Crippen LogP contribution in [0.1, 0.15) is 0 Å². The second kappa shape index (κ2) is 3.66. The quantitative estimate of drug-likeness (QED) is 0.395. The van der Waals surface area contributed by atoms with Crippen molar-refractivity contribution in [2.24, 2.45) is 0 Å². The molecule has 0 fully saturated rings. The first kappa shape index (κ1) is 9.18. The Morgan fingerprint density at radius 1 is 1.69 bits per heavy atom. The molecule has 0 radical (unpaired) electrons. The number of hydrogen-bond acceptors (Lipinski definition) is 3. The van der Waals surface area contributed by atoms with Crippen LogP contribution >= 0.6 is 0 Å². The van der Waals surface area contributed by atoms with Crippen LogP contribution < -0.4 is 5.56 Å². The Kier molecular flexibility index (Phi) is 2.59. The number of hydrogen-bond donors (Lipinski definition) is 0. The Bertz CT molecular complexity index is 395. The highest BCUT2D eigenvalue weighted by Gasteiger charge is 2.11. The molecule has 0 aliphatic heterocycles. The molecule has 13 heavy (non-hydrogen) atoms. The van der Waals surface area contributed by atoms with Crippen molar-refractivity contribution in [1.82, 2.24) is 4.57 Å². The maximum absolute atomic E-state index is 11.3. The first-order valence-electron chi connectivity index (χ1n) is 3.61. The molecule has 0 saturated heterocycles. The maximum atomic E-state index is 11.3. The second-order valence-corrected chi connectivity index (χ2v) is 2.40. The lowest BCUT2D eigenvalue weighted by Crippen LogP contribution is -2.20. The minimum absolute atomic E-state index is 0.278. The second-order valence-electron chi connectivity index (χ2n) is 2.40. The molecule has 1 aromatic rings. The minimum Gasteiger partial charge on any atom is -0.306 e. The Morgan fingerprint density at radius 2 is 2.38 bits per heavy atom. The van der Waals surface area contributed by atoms with Crippen LogP contribution in [0.25, 0.3) is 0 Å². The van der Waals surface area contributed by atoms with E-state index in [1.807, 2.05) is 0 Å². The van der Waals surface area contributed by atoms with Crippen molar-refractivity contribution < 1.29 is 4.92 Å². The first-order valence-corrected chi connectivity index (χ1v) is 3.61. The standard InChI is InChI=1S/C8H8N2O3/c1-2-5-9-6-3-4-7(8(9)11)10(12)13/h2-4,6H,1,5H2. The van der Waals surface area contributed by atoms with Crippen LogP contribution in [0.3, 0.4) is 0 Å². The van der Waals surface area contributed by atoms with E-state index < -0.39 is 16.2 Å². The van der Waals surface area contributed by atoms with E-state index in [2.05, 4.69) is 6.58 Å². The summed E-state index contributed by atoms with van der Waals surface area (Å²) in [5.74, 6) is 0. The zero-order valence-corrected chi connectivity index (χ0v) is 6.84. The predicted molar refractivity (Wildman–Crippen MR) is 47.6 cm³/mol. The molecule has 0 atom stereocenters. The molecule has 0 bridgehead atoms. The molecule has 0 aromatic carbocycles. The number of nitro groups is 1. The van der Waals surface area contributed by atoms with Gasteiger partial charge in [0.1, 0.15) is 0 Å². The molecule has 1 aromatic heterocycles. The summed E-state index contributed by atoms with van der Waals surface area (Å²) >= 11 is 0. The lowest BCUT2D eigenvalue weighted by atomic mass is 10.4. The fraction of sp³-hybridized carbons (Fsp3) is 0.125. The van der Waals surface area contributed by atoms with Gasteiger partial charge in [-0.1, -0.05) is 6.08 Å². The fourth-order valence-electron chi connectivity index (χ4n) is 0.946. The van der Waals surface area contributed by atoms with Gasteiger partial charge in [0.2, 0.25) is 0 Å². The van der Waals surface area contributed by atoms with E-state index in [4.69, 9.17) is 0 Å². The third-order valence-corrected chi connectivity index (χ3v) is 1.52. The predicted octanol–water partition coefficient (Wildman–Crippen LogP) is 0.942. The summed E-state index contributed by atoms with van der Waals surface area (Å²) < 4.78 is 1.23. The number of aromatic nitrogens is 1. The summed E-state index contributed by atoms with van der Waals surface area (Å²) in [6, 6.07) is 2.64. The van der Waals surface area contributed by atoms with Crippen LogP contribution in [0.5, 0.6) is 0 Å². The zero-order chi connectivity index (χ0) is 9.84. The minimum atomic E-state index is -0.693. The molecule has 5 nitrogen and oxygen atoms in total. The zero-order valence-electron chi connectivity index (χ0n) is 6.84. The van der Waals surface area contributed by atoms with Gasteiger partial charge in [0.15, 0.2) is 0 Å². The van der Waals surface area contributed by atoms with Crippen LogP contribution in [-0.2, 0) is 6.54 Å². The van der Waals surface area contributed by atoms with Crippen molar-refractivity contribution in [3.8, 4) is 0 Å². The van der Waals surface area contributed by atoms with Gasteiger partial charge in [-0.15, -0.1) is 6.58 Å². The van der Waals surface area contributed by atoms with Crippen molar-refractivity contribution in [2.75, 3.05) is 0 Å². The smallest absolute Gasteiger partial charge is 0.306 e. The SMILES string of the molecule is C=CCn1cccc([N+](=O)[O-])c1=O. The number of pyridine rings is 1. The van der Waals surface area contributed by atoms with E-state index >= 15 is 0 Å². The Morgan fingerprint density at radius 3 is 2.92 bits per heavy atom. The summed E-state index contributed by atoms with van der Waals surface area (Å²) in [5, 5.41) is 10.3. The molecule has 1 rings (SSSR count). The van der Waals surface area contributed by atoms with Crippen LogP contribution in [0.15, 0.2) is 35.8 Å². The van der Waals surface area contributed by atoms with E-state index in [9.17, 15) is 14.9 Å². The Hall–Kier alpha value is -1.91. The van der Waals surface area contributed by atoms with Gasteiger partial charge in [-0.3, -0.25) is 14.9 Å². The molecule has 0 N–H and O–H groups in total. The fourth-order valence-corrected chi connectivity index (χ4v) is 0.946. The number of allylic oxidation sites excluding steroid dienone is 1. The van der Waals surface area contributed by atoms with Gasteiger partial charge in [-0.25, -0.2) is 0 Å². The molecule has 68 valence electrons. The molecule has 5 heteroatoms. The molecule has 0 spiro atoms. The molecular formula is C8H8N2O3. The summed E-state index contributed by atoms with van der Waals surface area (Å²) in [5.41, 5.74) is -1.02. The lowest BCUT2D eigenvalue weighted by molar-refractivity contribution is -0.386. The van der Waals surface area contributed by atoms with Gasteiger partial charge in [0.25, 0.3) is 0 Å². The normalized spacial score (nSPS) is 9.54. The largest absolute Gasteiger partial charge is 0.334 e. The molecule has 1 heterocycles. The van der Waals surface area contributed by atoms with Crippen molar-refractivity contribution in [2.45, 2.75) is 6.54 Å². The lowest BCUT2D eigenvalue weighted by Gasteiger charge is -1.99. The number of rotatable bonds is 3. The third kappa shape index (κ3) is 1.81. The summed E-state index contributed by atoms with van der Waals surface area (Å²) in [7, 11) is 0. The monoisotopic (exact) mass is 180 g/mol. The van der Waals surface area contributed by atoms with Gasteiger partial charge in [-0.05, 0) is 6.07 Å². The van der Waals surface area contributed by atoms with Crippen LogP contribution in [0, 0.1) is 10.1 Å². The van der Waals surface area contributed by atoms with E-state index in [0.717, 1.165) is 0 Å². The summed E-state index contributed by atoms with van der Waals surface area (Å²) in [6.45, 7) is 3.72. The van der Waals surface area contributed by atoms with Gasteiger partial charge in [0, 0.05) is 18.8 Å². The van der Waals surface area contributed by atoms with Crippen LogP contribution in [0.4, 0.5) is 5.69 Å². The average molecular weight is 180 g/mol. The summed E-state index contributed by atoms with van der Waals surface area (Å²) in [6.07, 6.45) is 2.99. The van der Waals surface area contributed by atoms with Crippen LogP contribution in [-0.4, -0.2) is 9.49 Å². The highest BCUT2D eigenvalue weighted by molar-refractivity contribution is 5.25. The van der Waals surface area contributed by atoms with E-state index in [0.29, 0.717) is 0 Å². The third-order valence-electron chi connectivity index (χ3n) is 1.52. The molecule has 0 unspecified atom stereocenters. The van der Waals surface area contributed by atoms with Crippen molar-refractivity contribution in [3.63, 3.8) is 0 Å². The number of nitrogens with zero attached hydrogens (tertiary/aromatic N) is 2. The van der Waals surface area contributed by atoms with E-state index in [1.54, 1.807) is 0 Å². The van der Waals surface area contributed by atoms with Gasteiger partial charge < -0.3 is 4.57 Å². The van der Waals surface area contributed by atoms with E-state index in [1.165, 1.54) is 29.0 Å². The van der Waals surface area contributed by atoms with Crippen molar-refractivity contribution in [1.29, 1.82) is 0 Å². The molecular weight excluding hydrogens is 172 g/mol. The van der Waals surface area contributed by atoms with E-state index in [-0.39, 0.29) is 6.54 Å². The Labute approximate surface area is 74.1 Å². The Balaban J connectivity index is 3.26. The van der Waals surface area contributed by atoms with Gasteiger partial charge in [0.05, 0.1) is 4.92 Å². The molecule has 0 amide bonds. The first-order chi connectivity index (χ1) is 6.16. The molecule has 0 aliphatic rings. The molecule has 0 aliphatic carbocycles. The topological polar surface area (TPSA) is 65.1 Å². The van der Waals surface area contributed by atoms with Gasteiger partial charge >= 0.3 is 11.2 Å².